The van der Waals surface area contributed by atoms with Crippen molar-refractivity contribution >= 4 is 40.5 Å². The number of nitrogens with one attached hydrogen (secondary N) is 1. The van der Waals surface area contributed by atoms with Crippen LogP contribution in [0.1, 0.15) is 27.0 Å². The van der Waals surface area contributed by atoms with E-state index >= 15 is 0 Å². The lowest BCUT2D eigenvalue weighted by Crippen LogP contribution is -2.25. The highest BCUT2D eigenvalue weighted by Gasteiger charge is 2.18. The second kappa shape index (κ2) is 7.49. The number of carbonyl (C=O) groups is 2. The number of rotatable bonds is 6. The van der Waals surface area contributed by atoms with Crippen LogP contribution in [0.3, 0.4) is 0 Å². The van der Waals surface area contributed by atoms with Gasteiger partial charge in [-0.2, -0.15) is 0 Å². The van der Waals surface area contributed by atoms with Gasteiger partial charge in [0.2, 0.25) is 5.89 Å². The van der Waals surface area contributed by atoms with Gasteiger partial charge in [-0.15, -0.1) is 21.5 Å². The Labute approximate surface area is 162 Å². The number of aryl methyl sites for hydroxylation is 1. The van der Waals surface area contributed by atoms with Gasteiger partial charge in [0.25, 0.3) is 11.1 Å². The van der Waals surface area contributed by atoms with E-state index in [-0.39, 0.29) is 24.1 Å². The molecule has 2 aromatic heterocycles. The Kier molecular flexibility index (Phi) is 4.90. The van der Waals surface area contributed by atoms with E-state index in [1.165, 1.54) is 11.8 Å². The minimum atomic E-state index is -0.241. The molecule has 8 nitrogen and oxygen atoms in total. The molecule has 3 aromatic rings. The molecule has 1 amide bonds. The van der Waals surface area contributed by atoms with Crippen LogP contribution < -0.4 is 10.1 Å². The van der Waals surface area contributed by atoms with E-state index in [0.29, 0.717) is 34.5 Å². The number of amides is 1. The Morgan fingerprint density at radius 1 is 1.37 bits per heavy atom. The average Bonchev–Trinajstić information content (AvgIpc) is 3.28. The van der Waals surface area contributed by atoms with Gasteiger partial charge in [-0.1, -0.05) is 11.8 Å². The first-order valence-electron chi connectivity index (χ1n) is 8.03. The topological polar surface area (TPSA) is 107 Å². The van der Waals surface area contributed by atoms with Gasteiger partial charge >= 0.3 is 0 Å². The monoisotopic (exact) mass is 402 g/mol. The molecule has 0 bridgehead atoms. The highest BCUT2D eigenvalue weighted by molar-refractivity contribution is 7.99. The molecule has 10 heteroatoms. The zero-order valence-electron chi connectivity index (χ0n) is 14.2. The molecular formula is C17H14N4O4S2. The molecular weight excluding hydrogens is 388 g/mol. The normalized spacial score (nSPS) is 13.0. The number of hydrogen-bond acceptors (Lipinski definition) is 9. The summed E-state index contributed by atoms with van der Waals surface area (Å²) in [7, 11) is 0. The summed E-state index contributed by atoms with van der Waals surface area (Å²) in [5, 5.41) is 13.9. The second-order valence-electron chi connectivity index (χ2n) is 5.76. The number of Topliss-reactive ketones (excluding diaryl/α,β-unsaturated/α-hetero) is 1. The quantitative estimate of drug-likeness (QED) is 0.495. The van der Waals surface area contributed by atoms with Crippen LogP contribution >= 0.6 is 23.1 Å². The van der Waals surface area contributed by atoms with E-state index < -0.39 is 0 Å². The molecule has 0 spiro atoms. The molecule has 27 heavy (non-hydrogen) atoms. The summed E-state index contributed by atoms with van der Waals surface area (Å²) >= 11 is 2.74. The number of hydrogen-bond donors (Lipinski definition) is 1. The fourth-order valence-corrected chi connectivity index (χ4v) is 3.77. The first-order chi connectivity index (χ1) is 13.1. The number of nitrogens with zero attached hydrogens (tertiary/aromatic N) is 3. The highest BCUT2D eigenvalue weighted by atomic mass is 32.2. The lowest BCUT2D eigenvalue weighted by molar-refractivity contribution is -0.118. The van der Waals surface area contributed by atoms with Crippen molar-refractivity contribution in [3.8, 4) is 5.75 Å². The summed E-state index contributed by atoms with van der Waals surface area (Å²) < 4.78 is 10.9. The molecule has 0 radical (unpaired) electrons. The maximum Gasteiger partial charge on any atom is 0.277 e. The fourth-order valence-electron chi connectivity index (χ4n) is 2.48. The van der Waals surface area contributed by atoms with Crippen LogP contribution in [-0.4, -0.2) is 39.2 Å². The van der Waals surface area contributed by atoms with Gasteiger partial charge in [-0.05, 0) is 25.1 Å². The van der Waals surface area contributed by atoms with E-state index in [9.17, 15) is 9.59 Å². The molecule has 0 saturated carbocycles. The SMILES string of the molecule is Cc1nc(Cc2nnc(SCC(=O)c3ccc4c(c3)NC(=O)CO4)o2)cs1. The average molecular weight is 402 g/mol. The van der Waals surface area contributed by atoms with Gasteiger partial charge in [-0.25, -0.2) is 4.98 Å². The van der Waals surface area contributed by atoms with Crippen molar-refractivity contribution in [2.45, 2.75) is 18.6 Å². The first-order valence-corrected chi connectivity index (χ1v) is 9.89. The Morgan fingerprint density at radius 3 is 3.07 bits per heavy atom. The minimum Gasteiger partial charge on any atom is -0.482 e. The third-order valence-corrected chi connectivity index (χ3v) is 5.35. The predicted molar refractivity (Wildman–Crippen MR) is 99.6 cm³/mol. The maximum atomic E-state index is 12.4. The summed E-state index contributed by atoms with van der Waals surface area (Å²) in [6.45, 7) is 1.92. The third-order valence-electron chi connectivity index (χ3n) is 3.71. The zero-order valence-corrected chi connectivity index (χ0v) is 15.9. The van der Waals surface area contributed by atoms with Crippen molar-refractivity contribution in [2.75, 3.05) is 17.7 Å². The predicted octanol–water partition coefficient (Wildman–Crippen LogP) is 2.73. The second-order valence-corrected chi connectivity index (χ2v) is 7.74. The van der Waals surface area contributed by atoms with Gasteiger partial charge in [0.15, 0.2) is 12.4 Å². The van der Waals surface area contributed by atoms with Gasteiger partial charge < -0.3 is 14.5 Å². The van der Waals surface area contributed by atoms with Gasteiger partial charge in [0, 0.05) is 10.9 Å². The summed E-state index contributed by atoms with van der Waals surface area (Å²) in [4.78, 5) is 28.2. The Morgan fingerprint density at radius 2 is 2.26 bits per heavy atom. The van der Waals surface area contributed by atoms with Crippen LogP contribution in [0, 0.1) is 6.92 Å². The molecule has 1 N–H and O–H groups in total. The standard InChI is InChI=1S/C17H14N4O4S2/c1-9-18-11(7-26-9)5-16-20-21-17(25-16)27-8-13(22)10-2-3-14-12(4-10)19-15(23)6-24-14/h2-4,7H,5-6,8H2,1H3,(H,19,23). The number of thiazole rings is 1. The molecule has 4 rings (SSSR count). The maximum absolute atomic E-state index is 12.4. The smallest absolute Gasteiger partial charge is 0.277 e. The number of anilines is 1. The molecule has 0 aliphatic carbocycles. The largest absolute Gasteiger partial charge is 0.482 e. The summed E-state index contributed by atoms with van der Waals surface area (Å²) in [6, 6.07) is 4.95. The van der Waals surface area contributed by atoms with Gasteiger partial charge in [0.1, 0.15) is 5.75 Å². The van der Waals surface area contributed by atoms with Crippen LogP contribution in [0.15, 0.2) is 33.2 Å². The Bertz CT molecular complexity index is 1010. The molecule has 0 unspecified atom stereocenters. The van der Waals surface area contributed by atoms with Crippen molar-refractivity contribution in [1.29, 1.82) is 0 Å². The molecule has 1 aromatic carbocycles. The summed E-state index contributed by atoms with van der Waals surface area (Å²) in [5.74, 6) is 0.805. The van der Waals surface area contributed by atoms with E-state index in [4.69, 9.17) is 9.15 Å². The number of fused-ring (bicyclic) bond motifs is 1. The Hall–Kier alpha value is -2.72. The van der Waals surface area contributed by atoms with Crippen LogP contribution in [0.5, 0.6) is 5.75 Å². The van der Waals surface area contributed by atoms with Gasteiger partial charge in [0.05, 0.1) is 28.6 Å². The van der Waals surface area contributed by atoms with Crippen LogP contribution in [0.25, 0.3) is 0 Å². The van der Waals surface area contributed by atoms with E-state index in [2.05, 4.69) is 20.5 Å². The van der Waals surface area contributed by atoms with Crippen LogP contribution in [-0.2, 0) is 11.2 Å². The van der Waals surface area contributed by atoms with Crippen LogP contribution in [0.2, 0.25) is 0 Å². The van der Waals surface area contributed by atoms with Crippen molar-refractivity contribution in [2.24, 2.45) is 0 Å². The first kappa shape index (κ1) is 17.7. The molecule has 0 saturated heterocycles. The molecule has 1 aliphatic rings. The number of thioether (sulfide) groups is 1. The lowest BCUT2D eigenvalue weighted by Gasteiger charge is -2.18. The third kappa shape index (κ3) is 4.17. The molecule has 0 fully saturated rings. The van der Waals surface area contributed by atoms with Crippen molar-refractivity contribution in [3.05, 3.63) is 45.7 Å². The van der Waals surface area contributed by atoms with Crippen molar-refractivity contribution < 1.29 is 18.7 Å². The van der Waals surface area contributed by atoms with Crippen molar-refractivity contribution in [3.63, 3.8) is 0 Å². The van der Waals surface area contributed by atoms with Crippen molar-refractivity contribution in [1.82, 2.24) is 15.2 Å². The lowest BCUT2D eigenvalue weighted by atomic mass is 10.1. The Balaban J connectivity index is 1.37. The summed E-state index contributed by atoms with van der Waals surface area (Å²) in [6.07, 6.45) is 0.469. The van der Waals surface area contributed by atoms with E-state index in [1.54, 1.807) is 29.5 Å². The number of ketones is 1. The number of aromatic nitrogens is 3. The number of ether oxygens (including phenoxy) is 1. The highest BCUT2D eigenvalue weighted by Crippen LogP contribution is 2.29. The summed E-state index contributed by atoms with van der Waals surface area (Å²) in [5.41, 5.74) is 1.86. The van der Waals surface area contributed by atoms with E-state index in [0.717, 1.165) is 10.7 Å². The number of benzene rings is 1. The van der Waals surface area contributed by atoms with Crippen LogP contribution in [0.4, 0.5) is 5.69 Å². The molecule has 3 heterocycles. The van der Waals surface area contributed by atoms with Gasteiger partial charge in [-0.3, -0.25) is 9.59 Å². The zero-order chi connectivity index (χ0) is 18.8. The fraction of sp³-hybridized carbons (Fsp3) is 0.235. The van der Waals surface area contributed by atoms with E-state index in [1.807, 2.05) is 12.3 Å². The molecule has 0 atom stereocenters. The molecule has 138 valence electrons. The molecule has 1 aliphatic heterocycles. The number of carbonyl (C=O) groups excluding carboxylic acids is 2. The minimum absolute atomic E-state index is 0.0177.